The number of benzene rings is 1. The quantitative estimate of drug-likeness (QED) is 0.0531. The van der Waals surface area contributed by atoms with Gasteiger partial charge in [-0.1, -0.05) is 23.4 Å². The second-order valence-corrected chi connectivity index (χ2v) is 9.45. The van der Waals surface area contributed by atoms with Crippen molar-refractivity contribution in [1.29, 1.82) is 0 Å². The molecule has 0 aromatic heterocycles. The molecule has 1 N–H and O–H groups in total. The fraction of sp³-hybridized carbons (Fsp3) is 0.455. The van der Waals surface area contributed by atoms with Gasteiger partial charge >= 0.3 is 18.1 Å². The highest BCUT2D eigenvalue weighted by Crippen LogP contribution is 2.41. The van der Waals surface area contributed by atoms with Crippen LogP contribution in [0.5, 0.6) is 0 Å². The Bertz CT molecular complexity index is 1140. The monoisotopic (exact) mass is 590 g/mol. The number of esters is 2. The average molecular weight is 591 g/mol. The molecule has 15 nitrogen and oxygen atoms in total. The van der Waals surface area contributed by atoms with Crippen molar-refractivity contribution in [3.63, 3.8) is 0 Å². The smallest absolute Gasteiger partial charge is 0.430 e. The molecule has 1 saturated heterocycles. The summed E-state index contributed by atoms with van der Waals surface area (Å²) in [6, 6.07) is 5.14. The molecule has 1 fully saturated rings. The fourth-order valence-corrected chi connectivity index (χ4v) is 4.80. The summed E-state index contributed by atoms with van der Waals surface area (Å²) in [4.78, 5) is 83.2. The zero-order valence-corrected chi connectivity index (χ0v) is 22.2. The van der Waals surface area contributed by atoms with Crippen LogP contribution in [0.3, 0.4) is 0 Å². The van der Waals surface area contributed by atoms with Gasteiger partial charge in [-0.3, -0.25) is 29.3 Å². The number of hydrogen-bond donors (Lipinski definition) is 1. The van der Waals surface area contributed by atoms with Crippen LogP contribution in [-0.4, -0.2) is 79.7 Å². The van der Waals surface area contributed by atoms with Gasteiger partial charge in [0.25, 0.3) is 10.8 Å². The number of likely N-dealkylation sites (tertiary alicyclic amines) is 1. The first-order chi connectivity index (χ1) is 18.2. The van der Waals surface area contributed by atoms with Crippen LogP contribution >= 0.6 is 23.4 Å². The number of nitro groups is 1. The molecule has 39 heavy (non-hydrogen) atoms. The van der Waals surface area contributed by atoms with Gasteiger partial charge in [-0.2, -0.15) is 0 Å². The van der Waals surface area contributed by atoms with E-state index in [0.29, 0.717) is 10.5 Å². The van der Waals surface area contributed by atoms with Crippen molar-refractivity contribution in [2.75, 3.05) is 6.79 Å². The zero-order chi connectivity index (χ0) is 29.4. The van der Waals surface area contributed by atoms with Gasteiger partial charge in [0, 0.05) is 19.1 Å². The SMILES string of the molecule is CC(=O)OCOC(=O)C(Cl)N1C(=O)C(C(C)OC(=O)OCc2ccc([N+](=O)[O-])cc2)[C@H]1SC(=O)C(=O)C(C)O. The third-order valence-electron chi connectivity index (χ3n) is 5.12. The Hall–Kier alpha value is -3.76. The lowest BCUT2D eigenvalue weighted by Crippen LogP contribution is -2.67. The second kappa shape index (κ2) is 13.9. The number of carbonyl (C=O) groups is 6. The average Bonchev–Trinajstić information content (AvgIpc) is 2.86. The first-order valence-corrected chi connectivity index (χ1v) is 12.3. The van der Waals surface area contributed by atoms with Crippen LogP contribution in [0.1, 0.15) is 26.3 Å². The minimum absolute atomic E-state index is 0.164. The molecule has 1 aliphatic rings. The largest absolute Gasteiger partial charge is 0.508 e. The number of hydrogen-bond acceptors (Lipinski definition) is 14. The predicted molar refractivity (Wildman–Crippen MR) is 130 cm³/mol. The lowest BCUT2D eigenvalue weighted by Gasteiger charge is -2.48. The van der Waals surface area contributed by atoms with E-state index < -0.39 is 75.6 Å². The number of alkyl halides is 1. The molecule has 1 heterocycles. The van der Waals surface area contributed by atoms with Crippen molar-refractivity contribution >= 4 is 63.9 Å². The van der Waals surface area contributed by atoms with Gasteiger partial charge < -0.3 is 29.0 Å². The number of aliphatic hydroxyl groups excluding tert-OH is 1. The fourth-order valence-electron chi connectivity index (χ4n) is 3.12. The molecule has 0 radical (unpaired) electrons. The Labute approximate surface area is 229 Å². The van der Waals surface area contributed by atoms with Gasteiger partial charge in [0.1, 0.15) is 30.1 Å². The van der Waals surface area contributed by atoms with Crippen molar-refractivity contribution in [3.05, 3.63) is 39.9 Å². The van der Waals surface area contributed by atoms with Crippen molar-refractivity contribution in [2.45, 2.75) is 50.5 Å². The molecule has 0 saturated carbocycles. The van der Waals surface area contributed by atoms with Crippen molar-refractivity contribution in [1.82, 2.24) is 4.90 Å². The van der Waals surface area contributed by atoms with E-state index in [9.17, 15) is 44.0 Å². The normalized spacial score (nSPS) is 18.6. The van der Waals surface area contributed by atoms with E-state index in [1.54, 1.807) is 0 Å². The number of carbonyl (C=O) groups excluding carboxylic acids is 6. The number of nitrogens with zero attached hydrogens (tertiary/aromatic N) is 2. The molecule has 0 aliphatic carbocycles. The number of halogens is 1. The van der Waals surface area contributed by atoms with Crippen LogP contribution < -0.4 is 0 Å². The number of non-ortho nitro benzene ring substituents is 1. The van der Waals surface area contributed by atoms with E-state index >= 15 is 0 Å². The molecule has 17 heteroatoms. The van der Waals surface area contributed by atoms with Crippen molar-refractivity contribution in [3.8, 4) is 0 Å². The van der Waals surface area contributed by atoms with Crippen molar-refractivity contribution < 1.29 is 57.7 Å². The molecule has 4 unspecified atom stereocenters. The van der Waals surface area contributed by atoms with E-state index in [4.69, 9.17) is 21.1 Å². The van der Waals surface area contributed by atoms with Crippen LogP contribution in [0.2, 0.25) is 0 Å². The van der Waals surface area contributed by atoms with Crippen LogP contribution in [0, 0.1) is 16.0 Å². The molecule has 1 aliphatic heterocycles. The number of thioether (sulfide) groups is 1. The Morgan fingerprint density at radius 3 is 2.28 bits per heavy atom. The Balaban J connectivity index is 2.08. The highest BCUT2D eigenvalue weighted by Gasteiger charge is 2.57. The van der Waals surface area contributed by atoms with Gasteiger partial charge in [-0.15, -0.1) is 0 Å². The zero-order valence-electron chi connectivity index (χ0n) is 20.6. The summed E-state index contributed by atoms with van der Waals surface area (Å²) in [5.41, 5.74) is -1.57. The Kier molecular flexibility index (Phi) is 11.2. The van der Waals surface area contributed by atoms with E-state index in [1.165, 1.54) is 31.2 Å². The number of amides is 1. The molecule has 212 valence electrons. The lowest BCUT2D eigenvalue weighted by molar-refractivity contribution is -0.384. The Morgan fingerprint density at radius 2 is 1.74 bits per heavy atom. The van der Waals surface area contributed by atoms with Crippen LogP contribution in [-0.2, 0) is 49.5 Å². The topological polar surface area (TPSA) is 206 Å². The van der Waals surface area contributed by atoms with Crippen LogP contribution in [0.15, 0.2) is 24.3 Å². The number of aliphatic hydroxyl groups is 1. The molecule has 1 aromatic carbocycles. The lowest BCUT2D eigenvalue weighted by atomic mass is 9.92. The minimum Gasteiger partial charge on any atom is -0.430 e. The molecular weight excluding hydrogens is 568 g/mol. The number of ether oxygens (including phenoxy) is 4. The maximum absolute atomic E-state index is 12.9. The van der Waals surface area contributed by atoms with E-state index in [-0.39, 0.29) is 24.1 Å². The molecule has 0 bridgehead atoms. The third kappa shape index (κ3) is 8.36. The van der Waals surface area contributed by atoms with Crippen LogP contribution in [0.25, 0.3) is 0 Å². The first kappa shape index (κ1) is 31.5. The third-order valence-corrected chi connectivity index (χ3v) is 6.69. The minimum atomic E-state index is -1.81. The number of nitro benzene ring substituents is 1. The number of rotatable bonds is 12. The highest BCUT2D eigenvalue weighted by molar-refractivity contribution is 8.16. The summed E-state index contributed by atoms with van der Waals surface area (Å²) in [7, 11) is 0. The number of Topliss-reactive ketones (excluding diaryl/α,β-unsaturated/α-hetero) is 1. The maximum atomic E-state index is 12.9. The predicted octanol–water partition coefficient (Wildman–Crippen LogP) is 1.26. The van der Waals surface area contributed by atoms with Gasteiger partial charge in [0.15, 0.2) is 0 Å². The standard InChI is InChI=1S/C22H23ClN2O13S/c1-10(26)16(28)21(31)39-19-15(18(29)24(19)17(23)20(30)37-9-36-12(3)27)11(2)38-22(32)35-8-13-4-6-14(7-5-13)25(33)34/h4-7,10-11,15,17,19,26H,8-9H2,1-3H3/t10?,11?,15?,17?,19-/m1/s1. The maximum Gasteiger partial charge on any atom is 0.508 e. The molecule has 1 aromatic rings. The summed E-state index contributed by atoms with van der Waals surface area (Å²) in [6.45, 7) is 2.31. The van der Waals surface area contributed by atoms with Crippen LogP contribution in [0.4, 0.5) is 10.5 Å². The molecule has 2 rings (SSSR count). The van der Waals surface area contributed by atoms with Gasteiger partial charge in [-0.05, 0) is 31.5 Å². The summed E-state index contributed by atoms with van der Waals surface area (Å²) in [5.74, 6) is -5.26. The molecule has 1 amide bonds. The summed E-state index contributed by atoms with van der Waals surface area (Å²) in [6.07, 6.45) is -4.10. The first-order valence-electron chi connectivity index (χ1n) is 11.0. The molecule has 5 atom stereocenters. The summed E-state index contributed by atoms with van der Waals surface area (Å²) in [5, 5.41) is 17.7. The summed E-state index contributed by atoms with van der Waals surface area (Å²) < 4.78 is 19.2. The van der Waals surface area contributed by atoms with Gasteiger partial charge in [0.05, 0.1) is 4.92 Å². The van der Waals surface area contributed by atoms with E-state index in [2.05, 4.69) is 9.47 Å². The van der Waals surface area contributed by atoms with E-state index in [0.717, 1.165) is 13.8 Å². The van der Waals surface area contributed by atoms with Crippen molar-refractivity contribution in [2.24, 2.45) is 5.92 Å². The molecular formula is C22H23ClN2O13S. The number of β-lactam (4-membered cyclic amide) rings is 1. The molecule has 0 spiro atoms. The Morgan fingerprint density at radius 1 is 1.13 bits per heavy atom. The highest BCUT2D eigenvalue weighted by atomic mass is 35.5. The van der Waals surface area contributed by atoms with Gasteiger partial charge in [-0.25, -0.2) is 9.59 Å². The second-order valence-electron chi connectivity index (χ2n) is 7.95. The summed E-state index contributed by atoms with van der Waals surface area (Å²) >= 11 is 6.32. The van der Waals surface area contributed by atoms with E-state index in [1.807, 2.05) is 0 Å². The van der Waals surface area contributed by atoms with Gasteiger partial charge in [0.2, 0.25) is 24.0 Å². The number of ketones is 1.